The molecule has 15 heavy (non-hydrogen) atoms. The monoisotopic (exact) mass is 206 g/mol. The van der Waals surface area contributed by atoms with Gasteiger partial charge < -0.3 is 21.4 Å². The van der Waals surface area contributed by atoms with Crippen LogP contribution in [0, 0.1) is 0 Å². The highest BCUT2D eigenvalue weighted by atomic mass is 16.1. The summed E-state index contributed by atoms with van der Waals surface area (Å²) < 4.78 is 0. The minimum absolute atomic E-state index is 0.296. The molecular weight excluding hydrogens is 196 g/mol. The average molecular weight is 206 g/mol. The van der Waals surface area contributed by atoms with Crippen molar-refractivity contribution in [3.63, 3.8) is 0 Å². The number of H-pyrrole nitrogens is 2. The first-order chi connectivity index (χ1) is 7.08. The van der Waals surface area contributed by atoms with Gasteiger partial charge in [-0.1, -0.05) is 6.07 Å². The van der Waals surface area contributed by atoms with Crippen LogP contribution in [-0.2, 0) is 4.79 Å². The Bertz CT molecular complexity index is 569. The van der Waals surface area contributed by atoms with E-state index in [4.69, 9.17) is 11.5 Å². The van der Waals surface area contributed by atoms with Crippen molar-refractivity contribution in [2.75, 3.05) is 0 Å². The smallest absolute Gasteiger partial charge is 0.323 e. The van der Waals surface area contributed by atoms with E-state index in [0.717, 1.165) is 0 Å². The first-order valence-electron chi connectivity index (χ1n) is 4.35. The second-order valence-corrected chi connectivity index (χ2v) is 3.26. The van der Waals surface area contributed by atoms with Gasteiger partial charge in [0.1, 0.15) is 6.04 Å². The Balaban J connectivity index is 2.55. The van der Waals surface area contributed by atoms with Gasteiger partial charge in [0.2, 0.25) is 5.91 Å². The fourth-order valence-electron chi connectivity index (χ4n) is 1.41. The van der Waals surface area contributed by atoms with E-state index in [9.17, 15) is 9.59 Å². The number of rotatable bonds is 2. The summed E-state index contributed by atoms with van der Waals surface area (Å²) in [6.07, 6.45) is 0. The maximum absolute atomic E-state index is 11.0. The Labute approximate surface area is 84.3 Å². The molecule has 2 rings (SSSR count). The number of carbonyl (C=O) groups is 1. The van der Waals surface area contributed by atoms with Crippen molar-refractivity contribution in [3.8, 4) is 0 Å². The Morgan fingerprint density at radius 3 is 2.60 bits per heavy atom. The largest absolute Gasteiger partial charge is 0.368 e. The summed E-state index contributed by atoms with van der Waals surface area (Å²) in [5.41, 5.74) is 12.2. The highest BCUT2D eigenvalue weighted by Crippen LogP contribution is 2.15. The molecule has 1 heterocycles. The second kappa shape index (κ2) is 3.25. The number of imidazole rings is 1. The van der Waals surface area contributed by atoms with Gasteiger partial charge in [-0.25, -0.2) is 4.79 Å². The van der Waals surface area contributed by atoms with Crippen molar-refractivity contribution in [1.82, 2.24) is 9.97 Å². The number of amides is 1. The molecule has 1 amide bonds. The molecule has 1 aromatic carbocycles. The molecule has 6 N–H and O–H groups in total. The van der Waals surface area contributed by atoms with Crippen LogP contribution in [-0.4, -0.2) is 15.9 Å². The molecule has 6 nitrogen and oxygen atoms in total. The average Bonchev–Trinajstić information content (AvgIpc) is 2.55. The van der Waals surface area contributed by atoms with Crippen LogP contribution in [0.25, 0.3) is 11.0 Å². The number of aromatic amines is 2. The van der Waals surface area contributed by atoms with Crippen molar-refractivity contribution < 1.29 is 4.79 Å². The number of benzene rings is 1. The van der Waals surface area contributed by atoms with E-state index in [1.807, 2.05) is 0 Å². The molecule has 0 bridgehead atoms. The summed E-state index contributed by atoms with van der Waals surface area (Å²) in [5, 5.41) is 0. The third kappa shape index (κ3) is 1.62. The van der Waals surface area contributed by atoms with Crippen LogP contribution < -0.4 is 17.2 Å². The van der Waals surface area contributed by atoms with E-state index in [1.54, 1.807) is 18.2 Å². The van der Waals surface area contributed by atoms with Gasteiger partial charge in [0.25, 0.3) is 0 Å². The van der Waals surface area contributed by atoms with E-state index in [-0.39, 0.29) is 5.69 Å². The molecule has 0 radical (unpaired) electrons. The number of carbonyl (C=O) groups excluding carboxylic acids is 1. The number of hydrogen-bond donors (Lipinski definition) is 4. The zero-order valence-corrected chi connectivity index (χ0v) is 7.78. The molecule has 0 aliphatic rings. The maximum Gasteiger partial charge on any atom is 0.323 e. The highest BCUT2D eigenvalue weighted by molar-refractivity contribution is 5.83. The van der Waals surface area contributed by atoms with Crippen molar-refractivity contribution in [2.45, 2.75) is 6.04 Å². The number of fused-ring (bicyclic) bond motifs is 1. The van der Waals surface area contributed by atoms with Gasteiger partial charge in [-0.05, 0) is 17.7 Å². The summed E-state index contributed by atoms with van der Waals surface area (Å²) >= 11 is 0. The second-order valence-electron chi connectivity index (χ2n) is 3.26. The molecule has 0 aliphatic carbocycles. The van der Waals surface area contributed by atoms with E-state index < -0.39 is 11.9 Å². The minimum Gasteiger partial charge on any atom is -0.368 e. The number of hydrogen-bond acceptors (Lipinski definition) is 3. The summed E-state index contributed by atoms with van der Waals surface area (Å²) in [7, 11) is 0. The van der Waals surface area contributed by atoms with Crippen molar-refractivity contribution >= 4 is 16.9 Å². The summed E-state index contributed by atoms with van der Waals surface area (Å²) in [4.78, 5) is 27.0. The lowest BCUT2D eigenvalue weighted by Crippen LogP contribution is -2.28. The van der Waals surface area contributed by atoms with Gasteiger partial charge in [-0.3, -0.25) is 4.79 Å². The van der Waals surface area contributed by atoms with Crippen LogP contribution in [0.4, 0.5) is 0 Å². The number of nitrogens with one attached hydrogen (secondary N) is 2. The van der Waals surface area contributed by atoms with Gasteiger partial charge in [0.15, 0.2) is 0 Å². The van der Waals surface area contributed by atoms with Crippen molar-refractivity contribution in [3.05, 3.63) is 34.2 Å². The molecular formula is C9H10N4O2. The molecule has 1 atom stereocenters. The lowest BCUT2D eigenvalue weighted by Gasteiger charge is -2.06. The molecule has 1 aromatic heterocycles. The van der Waals surface area contributed by atoms with E-state index in [2.05, 4.69) is 9.97 Å². The van der Waals surface area contributed by atoms with Gasteiger partial charge in [0, 0.05) is 0 Å². The van der Waals surface area contributed by atoms with Gasteiger partial charge in [-0.15, -0.1) is 0 Å². The lowest BCUT2D eigenvalue weighted by atomic mass is 10.1. The Morgan fingerprint density at radius 2 is 1.93 bits per heavy atom. The Hall–Kier alpha value is -2.08. The molecule has 6 heteroatoms. The molecule has 1 unspecified atom stereocenters. The summed E-state index contributed by atoms with van der Waals surface area (Å²) in [6, 6.07) is 4.10. The third-order valence-corrected chi connectivity index (χ3v) is 2.21. The number of primary amides is 1. The van der Waals surface area contributed by atoms with Crippen molar-refractivity contribution in [2.24, 2.45) is 11.5 Å². The van der Waals surface area contributed by atoms with Crippen LogP contribution in [0.3, 0.4) is 0 Å². The van der Waals surface area contributed by atoms with Crippen LogP contribution >= 0.6 is 0 Å². The quantitative estimate of drug-likeness (QED) is 0.522. The van der Waals surface area contributed by atoms with Gasteiger partial charge in [0.05, 0.1) is 11.0 Å². The van der Waals surface area contributed by atoms with E-state index in [1.165, 1.54) is 0 Å². The first-order valence-corrected chi connectivity index (χ1v) is 4.35. The first kappa shape index (κ1) is 9.47. The van der Waals surface area contributed by atoms with E-state index in [0.29, 0.717) is 16.6 Å². The van der Waals surface area contributed by atoms with Gasteiger partial charge >= 0.3 is 5.69 Å². The van der Waals surface area contributed by atoms with Gasteiger partial charge in [-0.2, -0.15) is 0 Å². The standard InChI is InChI=1S/C9H10N4O2/c10-7(8(11)14)4-1-2-5-6(3-4)13-9(15)12-5/h1-3,7H,10H2,(H2,11,14)(H2,12,13,15). The molecule has 2 aromatic rings. The molecule has 0 saturated carbocycles. The maximum atomic E-state index is 11.0. The topological polar surface area (TPSA) is 118 Å². The fraction of sp³-hybridized carbons (Fsp3) is 0.111. The highest BCUT2D eigenvalue weighted by Gasteiger charge is 2.12. The number of aromatic nitrogens is 2. The number of nitrogens with two attached hydrogens (primary N) is 2. The zero-order chi connectivity index (χ0) is 11.0. The minimum atomic E-state index is -0.854. The fourth-order valence-corrected chi connectivity index (χ4v) is 1.41. The SMILES string of the molecule is NC(=O)C(N)c1ccc2[nH]c(=O)[nH]c2c1. The van der Waals surface area contributed by atoms with E-state index >= 15 is 0 Å². The molecule has 0 fully saturated rings. The van der Waals surface area contributed by atoms with Crippen LogP contribution in [0.15, 0.2) is 23.0 Å². The predicted molar refractivity (Wildman–Crippen MR) is 55.0 cm³/mol. The Morgan fingerprint density at radius 1 is 1.27 bits per heavy atom. The molecule has 0 saturated heterocycles. The summed E-state index contributed by atoms with van der Waals surface area (Å²) in [5.74, 6) is -0.604. The Kier molecular flexibility index (Phi) is 2.05. The third-order valence-electron chi connectivity index (χ3n) is 2.21. The molecule has 0 spiro atoms. The molecule has 78 valence electrons. The normalized spacial score (nSPS) is 12.9. The van der Waals surface area contributed by atoms with Crippen molar-refractivity contribution in [1.29, 1.82) is 0 Å². The zero-order valence-electron chi connectivity index (χ0n) is 7.78. The lowest BCUT2D eigenvalue weighted by molar-refractivity contribution is -0.119. The summed E-state index contributed by atoms with van der Waals surface area (Å²) in [6.45, 7) is 0. The predicted octanol–water partition coefficient (Wildman–Crippen LogP) is -0.659. The molecule has 0 aliphatic heterocycles. The van der Waals surface area contributed by atoms with Crippen LogP contribution in [0.5, 0.6) is 0 Å². The van der Waals surface area contributed by atoms with Crippen LogP contribution in [0.1, 0.15) is 11.6 Å². The van der Waals surface area contributed by atoms with Crippen LogP contribution in [0.2, 0.25) is 0 Å².